The Morgan fingerprint density at radius 1 is 0.929 bits per heavy atom. The first-order valence-corrected chi connectivity index (χ1v) is 9.55. The van der Waals surface area contributed by atoms with Gasteiger partial charge in [-0.05, 0) is 50.3 Å². The van der Waals surface area contributed by atoms with Crippen LogP contribution in [0.3, 0.4) is 0 Å². The molecule has 2 aromatic rings. The van der Waals surface area contributed by atoms with E-state index in [0.29, 0.717) is 25.7 Å². The van der Waals surface area contributed by atoms with Gasteiger partial charge < -0.3 is 10.6 Å². The highest BCUT2D eigenvalue weighted by atomic mass is 19.1. The first-order chi connectivity index (χ1) is 13.4. The van der Waals surface area contributed by atoms with Crippen molar-refractivity contribution in [3.63, 3.8) is 0 Å². The second kappa shape index (κ2) is 8.95. The second-order valence-electron chi connectivity index (χ2n) is 7.30. The number of halogens is 2. The van der Waals surface area contributed by atoms with Crippen molar-refractivity contribution in [2.24, 2.45) is 11.8 Å². The number of hydrogen-bond donors (Lipinski definition) is 2. The molecule has 1 aliphatic carbocycles. The minimum Gasteiger partial charge on any atom is -0.349 e. The van der Waals surface area contributed by atoms with Crippen molar-refractivity contribution in [3.05, 3.63) is 65.7 Å². The number of carbonyl (C=O) groups is 2. The smallest absolute Gasteiger partial charge is 0.227 e. The van der Waals surface area contributed by atoms with Crippen LogP contribution in [-0.2, 0) is 9.59 Å². The van der Waals surface area contributed by atoms with Crippen molar-refractivity contribution in [1.82, 2.24) is 5.32 Å². The Balaban J connectivity index is 1.49. The second-order valence-corrected chi connectivity index (χ2v) is 7.30. The van der Waals surface area contributed by atoms with Crippen LogP contribution < -0.4 is 10.6 Å². The molecule has 1 aliphatic rings. The molecule has 1 unspecified atom stereocenters. The van der Waals surface area contributed by atoms with Crippen LogP contribution in [0.25, 0.3) is 0 Å². The average molecular weight is 386 g/mol. The molecular formula is C22H24F2N2O2. The summed E-state index contributed by atoms with van der Waals surface area (Å²) in [6.45, 7) is 1.95. The van der Waals surface area contributed by atoms with Crippen molar-refractivity contribution in [2.45, 2.75) is 38.6 Å². The number of carbonyl (C=O) groups excluding carboxylic acids is 2. The van der Waals surface area contributed by atoms with Crippen LogP contribution in [-0.4, -0.2) is 11.8 Å². The van der Waals surface area contributed by atoms with Crippen LogP contribution in [0.5, 0.6) is 0 Å². The van der Waals surface area contributed by atoms with E-state index < -0.39 is 11.6 Å². The van der Waals surface area contributed by atoms with Crippen molar-refractivity contribution >= 4 is 17.5 Å². The fraction of sp³-hybridized carbons (Fsp3) is 0.364. The van der Waals surface area contributed by atoms with E-state index in [2.05, 4.69) is 10.6 Å². The van der Waals surface area contributed by atoms with Gasteiger partial charge in [0.1, 0.15) is 11.6 Å². The molecule has 2 amide bonds. The minimum absolute atomic E-state index is 0.000194. The molecule has 0 spiro atoms. The summed E-state index contributed by atoms with van der Waals surface area (Å²) < 4.78 is 26.7. The van der Waals surface area contributed by atoms with E-state index >= 15 is 0 Å². The fourth-order valence-electron chi connectivity index (χ4n) is 3.60. The van der Waals surface area contributed by atoms with Crippen LogP contribution in [0.1, 0.15) is 44.2 Å². The van der Waals surface area contributed by atoms with Gasteiger partial charge in [0, 0.05) is 17.9 Å². The zero-order chi connectivity index (χ0) is 20.1. The number of rotatable bonds is 5. The van der Waals surface area contributed by atoms with Gasteiger partial charge in [-0.1, -0.05) is 30.3 Å². The molecule has 2 N–H and O–H groups in total. The molecule has 1 fully saturated rings. The van der Waals surface area contributed by atoms with Crippen LogP contribution in [0.4, 0.5) is 14.5 Å². The Bertz CT molecular complexity index is 834. The molecule has 2 aromatic carbocycles. The molecule has 0 heterocycles. The number of nitrogens with one attached hydrogen (secondary N) is 2. The van der Waals surface area contributed by atoms with Crippen LogP contribution in [0, 0.1) is 23.5 Å². The topological polar surface area (TPSA) is 58.2 Å². The van der Waals surface area contributed by atoms with Gasteiger partial charge in [0.25, 0.3) is 0 Å². The maximum atomic E-state index is 13.7. The predicted octanol–water partition coefficient (Wildman–Crippen LogP) is 4.59. The van der Waals surface area contributed by atoms with Gasteiger partial charge in [-0.2, -0.15) is 0 Å². The van der Waals surface area contributed by atoms with Crippen molar-refractivity contribution in [1.29, 1.82) is 0 Å². The highest BCUT2D eigenvalue weighted by Crippen LogP contribution is 2.30. The predicted molar refractivity (Wildman–Crippen MR) is 103 cm³/mol. The van der Waals surface area contributed by atoms with Crippen molar-refractivity contribution < 1.29 is 18.4 Å². The summed E-state index contributed by atoms with van der Waals surface area (Å²) in [6.07, 6.45) is 2.34. The zero-order valence-corrected chi connectivity index (χ0v) is 15.8. The van der Waals surface area contributed by atoms with E-state index in [1.807, 2.05) is 37.3 Å². The van der Waals surface area contributed by atoms with Crippen LogP contribution in [0.15, 0.2) is 48.5 Å². The third kappa shape index (κ3) is 4.94. The Morgan fingerprint density at radius 3 is 2.14 bits per heavy atom. The minimum atomic E-state index is -0.795. The van der Waals surface area contributed by atoms with Crippen molar-refractivity contribution in [3.8, 4) is 0 Å². The molecule has 1 atom stereocenters. The lowest BCUT2D eigenvalue weighted by Gasteiger charge is -2.28. The lowest BCUT2D eigenvalue weighted by molar-refractivity contribution is -0.129. The monoisotopic (exact) mass is 386 g/mol. The fourth-order valence-corrected chi connectivity index (χ4v) is 3.60. The maximum Gasteiger partial charge on any atom is 0.227 e. The van der Waals surface area contributed by atoms with Gasteiger partial charge in [0.15, 0.2) is 0 Å². The third-order valence-electron chi connectivity index (χ3n) is 5.32. The van der Waals surface area contributed by atoms with E-state index in [9.17, 15) is 18.4 Å². The van der Waals surface area contributed by atoms with E-state index in [4.69, 9.17) is 0 Å². The summed E-state index contributed by atoms with van der Waals surface area (Å²) in [5.41, 5.74) is 1.02. The normalized spacial score (nSPS) is 20.2. The SMILES string of the molecule is CC(NC(=O)C1CCC(C(=O)Nc2ccc(F)cc2F)CC1)c1ccccc1. The van der Waals surface area contributed by atoms with Gasteiger partial charge in [0.2, 0.25) is 11.8 Å². The highest BCUT2D eigenvalue weighted by Gasteiger charge is 2.30. The Kier molecular flexibility index (Phi) is 6.39. The maximum absolute atomic E-state index is 13.7. The quantitative estimate of drug-likeness (QED) is 0.790. The number of amides is 2. The summed E-state index contributed by atoms with van der Waals surface area (Å²) in [5, 5.41) is 5.56. The number of anilines is 1. The van der Waals surface area contributed by atoms with E-state index in [0.717, 1.165) is 17.7 Å². The van der Waals surface area contributed by atoms with Crippen LogP contribution in [0.2, 0.25) is 0 Å². The standard InChI is InChI=1S/C22H24F2N2O2/c1-14(15-5-3-2-4-6-15)25-21(27)16-7-9-17(10-8-16)22(28)26-20-12-11-18(23)13-19(20)24/h2-6,11-14,16-17H,7-10H2,1H3,(H,25,27)(H,26,28). The van der Waals surface area contributed by atoms with Gasteiger partial charge in [-0.3, -0.25) is 9.59 Å². The van der Waals surface area contributed by atoms with E-state index in [1.165, 1.54) is 6.07 Å². The summed E-state index contributed by atoms with van der Waals surface area (Å²) in [5.74, 6) is -2.18. The molecule has 0 aromatic heterocycles. The summed E-state index contributed by atoms with van der Waals surface area (Å²) in [4.78, 5) is 24.9. The van der Waals surface area contributed by atoms with Gasteiger partial charge >= 0.3 is 0 Å². The summed E-state index contributed by atoms with van der Waals surface area (Å²) in [7, 11) is 0. The summed E-state index contributed by atoms with van der Waals surface area (Å²) in [6, 6.07) is 12.7. The molecule has 3 rings (SSSR count). The molecule has 4 nitrogen and oxygen atoms in total. The molecule has 28 heavy (non-hydrogen) atoms. The Morgan fingerprint density at radius 2 is 1.54 bits per heavy atom. The first-order valence-electron chi connectivity index (χ1n) is 9.55. The molecular weight excluding hydrogens is 362 g/mol. The summed E-state index contributed by atoms with van der Waals surface area (Å²) >= 11 is 0. The molecule has 0 aliphatic heterocycles. The largest absolute Gasteiger partial charge is 0.349 e. The average Bonchev–Trinajstić information content (AvgIpc) is 2.70. The highest BCUT2D eigenvalue weighted by molar-refractivity contribution is 5.93. The lowest BCUT2D eigenvalue weighted by Crippen LogP contribution is -2.36. The number of benzene rings is 2. The van der Waals surface area contributed by atoms with Crippen LogP contribution >= 0.6 is 0 Å². The molecule has 148 valence electrons. The molecule has 0 bridgehead atoms. The molecule has 1 saturated carbocycles. The van der Waals surface area contributed by atoms with Crippen molar-refractivity contribution in [2.75, 3.05) is 5.32 Å². The van der Waals surface area contributed by atoms with E-state index in [-0.39, 0.29) is 35.4 Å². The lowest BCUT2D eigenvalue weighted by atomic mass is 9.81. The zero-order valence-electron chi connectivity index (χ0n) is 15.8. The van der Waals surface area contributed by atoms with Gasteiger partial charge in [0.05, 0.1) is 11.7 Å². The van der Waals surface area contributed by atoms with Gasteiger partial charge in [-0.25, -0.2) is 8.78 Å². The Hall–Kier alpha value is -2.76. The van der Waals surface area contributed by atoms with E-state index in [1.54, 1.807) is 0 Å². The molecule has 0 radical (unpaired) electrons. The molecule has 0 saturated heterocycles. The Labute approximate surface area is 163 Å². The number of hydrogen-bond acceptors (Lipinski definition) is 2. The molecule has 6 heteroatoms. The van der Waals surface area contributed by atoms with Gasteiger partial charge in [-0.15, -0.1) is 0 Å². The third-order valence-corrected chi connectivity index (χ3v) is 5.32. The first kappa shape index (κ1) is 20.0.